The summed E-state index contributed by atoms with van der Waals surface area (Å²) in [4.78, 5) is 20.2. The van der Waals surface area contributed by atoms with Gasteiger partial charge in [0.2, 0.25) is 0 Å². The SMILES string of the molecule is Cc1cc(CC(C)C)cc(CC(C)C)c1C(OP(O)O)c1c(C)cc(CC(C)C)cc1CC(C)C. The molecular weight excluding hydrogens is 451 g/mol. The fourth-order valence-corrected chi connectivity index (χ4v) is 5.79. The number of rotatable bonds is 12. The molecule has 0 amide bonds. The zero-order valence-electron chi connectivity index (χ0n) is 23.8. The summed E-state index contributed by atoms with van der Waals surface area (Å²) in [5, 5.41) is 0. The zero-order valence-corrected chi connectivity index (χ0v) is 24.7. The molecule has 0 aromatic heterocycles. The molecule has 2 aromatic rings. The Morgan fingerprint density at radius 2 is 0.943 bits per heavy atom. The zero-order chi connectivity index (χ0) is 26.4. The van der Waals surface area contributed by atoms with Gasteiger partial charge >= 0.3 is 8.60 Å². The molecule has 2 N–H and O–H groups in total. The molecule has 0 bridgehead atoms. The fourth-order valence-electron chi connectivity index (χ4n) is 5.39. The van der Waals surface area contributed by atoms with Crippen molar-refractivity contribution >= 4 is 8.60 Å². The summed E-state index contributed by atoms with van der Waals surface area (Å²) in [5.74, 6) is 2.13. The summed E-state index contributed by atoms with van der Waals surface area (Å²) in [6.45, 7) is 22.3. The molecule has 0 spiro atoms. The Kier molecular flexibility index (Phi) is 11.4. The van der Waals surface area contributed by atoms with Gasteiger partial charge in [-0.05, 0) is 108 Å². The van der Waals surface area contributed by atoms with Crippen LogP contribution >= 0.6 is 8.60 Å². The van der Waals surface area contributed by atoms with Crippen molar-refractivity contribution < 1.29 is 14.3 Å². The van der Waals surface area contributed by atoms with E-state index in [4.69, 9.17) is 4.52 Å². The highest BCUT2D eigenvalue weighted by Gasteiger charge is 2.28. The first-order chi connectivity index (χ1) is 16.3. The predicted molar refractivity (Wildman–Crippen MR) is 151 cm³/mol. The lowest BCUT2D eigenvalue weighted by molar-refractivity contribution is 0.201. The molecular formula is C31H49O3P. The Balaban J connectivity index is 2.81. The van der Waals surface area contributed by atoms with Gasteiger partial charge in [0.15, 0.2) is 0 Å². The van der Waals surface area contributed by atoms with Crippen molar-refractivity contribution in [3.8, 4) is 0 Å². The maximum Gasteiger partial charge on any atom is 0.327 e. The molecule has 196 valence electrons. The van der Waals surface area contributed by atoms with E-state index in [9.17, 15) is 9.79 Å². The van der Waals surface area contributed by atoms with Crippen LogP contribution < -0.4 is 0 Å². The topological polar surface area (TPSA) is 49.7 Å². The highest BCUT2D eigenvalue weighted by molar-refractivity contribution is 7.39. The van der Waals surface area contributed by atoms with Crippen molar-refractivity contribution in [2.24, 2.45) is 23.7 Å². The summed E-state index contributed by atoms with van der Waals surface area (Å²) in [7, 11) is -2.52. The molecule has 0 fully saturated rings. The first-order valence-corrected chi connectivity index (χ1v) is 14.5. The monoisotopic (exact) mass is 500 g/mol. The maximum absolute atomic E-state index is 10.1. The Morgan fingerprint density at radius 1 is 0.600 bits per heavy atom. The van der Waals surface area contributed by atoms with E-state index in [1.165, 1.54) is 33.4 Å². The van der Waals surface area contributed by atoms with E-state index in [1.807, 2.05) is 0 Å². The van der Waals surface area contributed by atoms with Crippen molar-refractivity contribution in [2.75, 3.05) is 0 Å². The van der Waals surface area contributed by atoms with Crippen LogP contribution in [0.25, 0.3) is 0 Å². The quantitative estimate of drug-likeness (QED) is 0.288. The van der Waals surface area contributed by atoms with E-state index in [-0.39, 0.29) is 0 Å². The van der Waals surface area contributed by atoms with E-state index >= 15 is 0 Å². The van der Waals surface area contributed by atoms with E-state index in [0.29, 0.717) is 23.7 Å². The molecule has 0 unspecified atom stereocenters. The summed E-state index contributed by atoms with van der Waals surface area (Å²) >= 11 is 0. The molecule has 3 nitrogen and oxygen atoms in total. The van der Waals surface area contributed by atoms with Gasteiger partial charge in [0.1, 0.15) is 6.10 Å². The van der Waals surface area contributed by atoms with E-state index in [1.54, 1.807) is 0 Å². The number of aryl methyl sites for hydroxylation is 2. The van der Waals surface area contributed by atoms with Crippen LogP contribution in [0.1, 0.15) is 106 Å². The van der Waals surface area contributed by atoms with Gasteiger partial charge in [0, 0.05) is 0 Å². The van der Waals surface area contributed by atoms with Crippen molar-refractivity contribution in [2.45, 2.75) is 101 Å². The third-order valence-corrected chi connectivity index (χ3v) is 6.73. The second-order valence-corrected chi connectivity index (χ2v) is 12.8. The van der Waals surface area contributed by atoms with Gasteiger partial charge in [-0.3, -0.25) is 4.52 Å². The molecule has 2 rings (SSSR count). The van der Waals surface area contributed by atoms with E-state index in [0.717, 1.165) is 36.8 Å². The first-order valence-electron chi connectivity index (χ1n) is 13.4. The Bertz CT molecular complexity index is 887. The van der Waals surface area contributed by atoms with Gasteiger partial charge in [-0.1, -0.05) is 79.7 Å². The first kappa shape index (κ1) is 30.0. The Labute approximate surface area is 216 Å². The molecule has 0 aliphatic carbocycles. The van der Waals surface area contributed by atoms with Gasteiger partial charge in [0.25, 0.3) is 0 Å². The van der Waals surface area contributed by atoms with Gasteiger partial charge in [-0.25, -0.2) is 0 Å². The number of hydrogen-bond acceptors (Lipinski definition) is 3. The Hall–Kier alpha value is -1.25. The van der Waals surface area contributed by atoms with E-state index < -0.39 is 14.7 Å². The minimum atomic E-state index is -2.52. The number of benzene rings is 2. The third-order valence-electron chi connectivity index (χ3n) is 6.33. The van der Waals surface area contributed by atoms with Gasteiger partial charge in [-0.15, -0.1) is 0 Å². The predicted octanol–water partition coefficient (Wildman–Crippen LogP) is 8.41. The average Bonchev–Trinajstić information content (AvgIpc) is 2.64. The molecule has 4 heteroatoms. The van der Waals surface area contributed by atoms with Crippen LogP contribution in [-0.4, -0.2) is 9.79 Å². The Morgan fingerprint density at radius 3 is 1.23 bits per heavy atom. The minimum absolute atomic E-state index is 0.484. The fraction of sp³-hybridized carbons (Fsp3) is 0.613. The molecule has 0 aliphatic heterocycles. The normalized spacial score (nSPS) is 12.4. The van der Waals surface area contributed by atoms with Crippen LogP contribution in [-0.2, 0) is 30.2 Å². The lowest BCUT2D eigenvalue weighted by Gasteiger charge is -2.29. The summed E-state index contributed by atoms with van der Waals surface area (Å²) < 4.78 is 6.05. The highest BCUT2D eigenvalue weighted by atomic mass is 31.2. The molecule has 0 saturated carbocycles. The van der Waals surface area contributed by atoms with Crippen LogP contribution in [0.3, 0.4) is 0 Å². The molecule has 0 heterocycles. The van der Waals surface area contributed by atoms with Gasteiger partial charge < -0.3 is 9.79 Å². The summed E-state index contributed by atoms with van der Waals surface area (Å²) in [6.07, 6.45) is 3.43. The van der Waals surface area contributed by atoms with Crippen LogP contribution in [0, 0.1) is 37.5 Å². The molecule has 0 radical (unpaired) electrons. The van der Waals surface area contributed by atoms with Crippen LogP contribution in [0.2, 0.25) is 0 Å². The molecule has 0 atom stereocenters. The average molecular weight is 501 g/mol. The third kappa shape index (κ3) is 8.97. The molecule has 0 saturated heterocycles. The van der Waals surface area contributed by atoms with E-state index in [2.05, 4.69) is 93.5 Å². The lowest BCUT2D eigenvalue weighted by Crippen LogP contribution is -2.16. The standard InChI is InChI=1S/C31H49O3P/c1-19(2)11-25-15-23(9)29(27(17-25)13-21(5)6)31(34-35(32)33)30-24(10)16-26(12-20(3)4)18-28(30)14-22(7)8/h15-22,31-33H,11-14H2,1-10H3. The molecule has 2 aromatic carbocycles. The molecule has 0 aliphatic rings. The van der Waals surface area contributed by atoms with Crippen molar-refractivity contribution in [1.82, 2.24) is 0 Å². The van der Waals surface area contributed by atoms with Crippen molar-refractivity contribution in [3.63, 3.8) is 0 Å². The highest BCUT2D eigenvalue weighted by Crippen LogP contribution is 2.44. The smallest absolute Gasteiger partial charge is 0.327 e. The van der Waals surface area contributed by atoms with Gasteiger partial charge in [-0.2, -0.15) is 0 Å². The second-order valence-electron chi connectivity index (χ2n) is 12.1. The lowest BCUT2D eigenvalue weighted by atomic mass is 9.81. The maximum atomic E-state index is 10.1. The van der Waals surface area contributed by atoms with Crippen LogP contribution in [0.5, 0.6) is 0 Å². The van der Waals surface area contributed by atoms with Crippen LogP contribution in [0.15, 0.2) is 24.3 Å². The minimum Gasteiger partial charge on any atom is -0.328 e. The second kappa shape index (κ2) is 13.3. The molecule has 35 heavy (non-hydrogen) atoms. The van der Waals surface area contributed by atoms with Crippen LogP contribution in [0.4, 0.5) is 0 Å². The summed E-state index contributed by atoms with van der Waals surface area (Å²) in [5.41, 5.74) is 9.76. The summed E-state index contributed by atoms with van der Waals surface area (Å²) in [6, 6.07) is 9.22. The largest absolute Gasteiger partial charge is 0.328 e. The van der Waals surface area contributed by atoms with Crippen molar-refractivity contribution in [1.29, 1.82) is 0 Å². The van der Waals surface area contributed by atoms with Crippen molar-refractivity contribution in [3.05, 3.63) is 68.8 Å². The van der Waals surface area contributed by atoms with Gasteiger partial charge in [0.05, 0.1) is 0 Å². The number of hydrogen-bond donors (Lipinski definition) is 2.